The van der Waals surface area contributed by atoms with Crippen molar-refractivity contribution in [3.63, 3.8) is 0 Å². The smallest absolute Gasteiger partial charge is 0.338 e. The number of hydrogen-bond acceptors (Lipinski definition) is 5. The Morgan fingerprint density at radius 3 is 2.48 bits per heavy atom. The number of methoxy groups -OCH3 is 1. The van der Waals surface area contributed by atoms with Crippen LogP contribution in [0.1, 0.15) is 49.5 Å². The fourth-order valence-corrected chi connectivity index (χ4v) is 2.34. The molecule has 0 saturated carbocycles. The summed E-state index contributed by atoms with van der Waals surface area (Å²) in [6.07, 6.45) is 0.875. The Morgan fingerprint density at radius 2 is 1.91 bits per heavy atom. The lowest BCUT2D eigenvalue weighted by molar-refractivity contribution is -0.155. The minimum atomic E-state index is -0.466. The Labute approximate surface area is 145 Å². The Hall–Kier alpha value is -1.56. The van der Waals surface area contributed by atoms with E-state index in [1.165, 1.54) is 7.11 Å². The van der Waals surface area contributed by atoms with Gasteiger partial charge in [0.05, 0.1) is 19.3 Å². The molecule has 0 spiro atoms. The van der Waals surface area contributed by atoms with Crippen LogP contribution in [0.15, 0.2) is 18.2 Å². The van der Waals surface area contributed by atoms with Crippen LogP contribution in [0.4, 0.5) is 0 Å². The first kappa shape index (κ1) is 19.5. The van der Waals surface area contributed by atoms with Crippen LogP contribution >= 0.6 is 15.9 Å². The van der Waals surface area contributed by atoms with E-state index in [-0.39, 0.29) is 11.9 Å². The largest absolute Gasteiger partial charge is 0.494 e. The number of carbonyl (C=O) groups is 2. The van der Waals surface area contributed by atoms with Gasteiger partial charge < -0.3 is 14.2 Å². The van der Waals surface area contributed by atoms with Crippen molar-refractivity contribution in [1.29, 1.82) is 0 Å². The van der Waals surface area contributed by atoms with E-state index in [1.54, 1.807) is 18.2 Å². The summed E-state index contributed by atoms with van der Waals surface area (Å²) in [6, 6.07) is 5.17. The number of hydrogen-bond donors (Lipinski definition) is 0. The fraction of sp³-hybridized carbons (Fsp3) is 0.529. The van der Waals surface area contributed by atoms with Gasteiger partial charge >= 0.3 is 11.9 Å². The molecule has 0 unspecified atom stereocenters. The molecular weight excluding hydrogens is 364 g/mol. The van der Waals surface area contributed by atoms with Gasteiger partial charge in [0.15, 0.2) is 0 Å². The van der Waals surface area contributed by atoms with Gasteiger partial charge in [0, 0.05) is 11.8 Å². The van der Waals surface area contributed by atoms with E-state index in [0.29, 0.717) is 36.1 Å². The van der Waals surface area contributed by atoms with Crippen LogP contribution in [0.25, 0.3) is 0 Å². The second-order valence-corrected chi connectivity index (χ2v) is 6.54. The molecule has 0 fully saturated rings. The van der Waals surface area contributed by atoms with Crippen LogP contribution in [0.2, 0.25) is 0 Å². The Bertz CT molecular complexity index is 548. The van der Waals surface area contributed by atoms with E-state index >= 15 is 0 Å². The minimum Gasteiger partial charge on any atom is -0.494 e. The quantitative estimate of drug-likeness (QED) is 0.404. The summed E-state index contributed by atoms with van der Waals surface area (Å²) in [4.78, 5) is 23.2. The molecule has 128 valence electrons. The Balaban J connectivity index is 2.50. The van der Waals surface area contributed by atoms with E-state index in [9.17, 15) is 9.59 Å². The van der Waals surface area contributed by atoms with E-state index < -0.39 is 5.60 Å². The third-order valence-corrected chi connectivity index (χ3v) is 3.44. The highest BCUT2D eigenvalue weighted by atomic mass is 79.9. The third kappa shape index (κ3) is 7.03. The average Bonchev–Trinajstić information content (AvgIpc) is 2.48. The molecule has 0 aliphatic carbocycles. The van der Waals surface area contributed by atoms with Crippen LogP contribution in [-0.4, -0.2) is 31.3 Å². The molecule has 0 atom stereocenters. The summed E-state index contributed by atoms with van der Waals surface area (Å²) in [7, 11) is 1.35. The number of ether oxygens (including phenoxy) is 3. The molecule has 0 heterocycles. The van der Waals surface area contributed by atoms with Gasteiger partial charge in [-0.3, -0.25) is 4.79 Å². The molecule has 5 nitrogen and oxygen atoms in total. The van der Waals surface area contributed by atoms with Crippen LogP contribution in [0, 0.1) is 0 Å². The summed E-state index contributed by atoms with van der Waals surface area (Å²) >= 11 is 3.34. The third-order valence-electron chi connectivity index (χ3n) is 2.84. The Morgan fingerprint density at radius 1 is 1.22 bits per heavy atom. The molecule has 0 amide bonds. The molecule has 23 heavy (non-hydrogen) atoms. The predicted molar refractivity (Wildman–Crippen MR) is 91.0 cm³/mol. The van der Waals surface area contributed by atoms with Gasteiger partial charge in [-0.1, -0.05) is 15.9 Å². The average molecular weight is 387 g/mol. The molecule has 0 radical (unpaired) electrons. The van der Waals surface area contributed by atoms with Crippen molar-refractivity contribution in [3.8, 4) is 5.75 Å². The second kappa shape index (κ2) is 8.91. The standard InChI is InChI=1S/C17H23BrO5/c1-17(2,3)23-15(19)6-5-9-22-13-7-8-14(16(20)21-4)12(10-13)11-18/h7-8,10H,5-6,9,11H2,1-4H3. The molecule has 0 aromatic heterocycles. The van der Waals surface area contributed by atoms with Crippen LogP contribution in [0.5, 0.6) is 5.75 Å². The minimum absolute atomic E-state index is 0.233. The molecule has 1 aromatic rings. The van der Waals surface area contributed by atoms with E-state index in [2.05, 4.69) is 15.9 Å². The zero-order valence-corrected chi connectivity index (χ0v) is 15.6. The monoisotopic (exact) mass is 386 g/mol. The van der Waals surface area contributed by atoms with Gasteiger partial charge in [0.25, 0.3) is 0 Å². The first-order valence-corrected chi connectivity index (χ1v) is 8.51. The van der Waals surface area contributed by atoms with Crippen LogP contribution in [0.3, 0.4) is 0 Å². The predicted octanol–water partition coefficient (Wildman–Crippen LogP) is 3.87. The zero-order valence-electron chi connectivity index (χ0n) is 14.0. The topological polar surface area (TPSA) is 61.8 Å². The van der Waals surface area contributed by atoms with Gasteiger partial charge in [0.2, 0.25) is 0 Å². The van der Waals surface area contributed by atoms with Crippen molar-refractivity contribution < 1.29 is 23.8 Å². The van der Waals surface area contributed by atoms with Crippen molar-refractivity contribution >= 4 is 27.9 Å². The maximum absolute atomic E-state index is 11.6. The second-order valence-electron chi connectivity index (χ2n) is 5.98. The summed E-state index contributed by atoms with van der Waals surface area (Å²) in [5, 5.41) is 0.520. The molecular formula is C17H23BrO5. The summed E-state index contributed by atoms with van der Waals surface area (Å²) < 4.78 is 15.6. The SMILES string of the molecule is COC(=O)c1ccc(OCCCC(=O)OC(C)(C)C)cc1CBr. The number of alkyl halides is 1. The first-order chi connectivity index (χ1) is 10.8. The number of benzene rings is 1. The van der Waals surface area contributed by atoms with E-state index in [0.717, 1.165) is 5.56 Å². The molecule has 6 heteroatoms. The molecule has 0 aliphatic rings. The van der Waals surface area contributed by atoms with Crippen molar-refractivity contribution in [2.45, 2.75) is 44.5 Å². The maximum atomic E-state index is 11.6. The van der Waals surface area contributed by atoms with Crippen molar-refractivity contribution in [1.82, 2.24) is 0 Å². The number of halogens is 1. The molecule has 1 aromatic carbocycles. The lowest BCUT2D eigenvalue weighted by Gasteiger charge is -2.19. The lowest BCUT2D eigenvalue weighted by Crippen LogP contribution is -2.23. The fourth-order valence-electron chi connectivity index (χ4n) is 1.88. The maximum Gasteiger partial charge on any atom is 0.338 e. The van der Waals surface area contributed by atoms with Gasteiger partial charge in [-0.05, 0) is 51.0 Å². The summed E-state index contributed by atoms with van der Waals surface area (Å²) in [6.45, 7) is 5.92. The van der Waals surface area contributed by atoms with Gasteiger partial charge in [-0.15, -0.1) is 0 Å². The summed E-state index contributed by atoms with van der Waals surface area (Å²) in [5.74, 6) is 0.0375. The number of carbonyl (C=O) groups excluding carboxylic acids is 2. The molecule has 0 saturated heterocycles. The highest BCUT2D eigenvalue weighted by Gasteiger charge is 2.16. The van der Waals surface area contributed by atoms with E-state index in [4.69, 9.17) is 14.2 Å². The Kier molecular flexibility index (Phi) is 7.55. The molecule has 0 bridgehead atoms. The molecule has 0 N–H and O–H groups in total. The number of rotatable bonds is 7. The number of esters is 2. The highest BCUT2D eigenvalue weighted by molar-refractivity contribution is 9.08. The summed E-state index contributed by atoms with van der Waals surface area (Å²) in [5.41, 5.74) is 0.832. The van der Waals surface area contributed by atoms with Gasteiger partial charge in [-0.25, -0.2) is 4.79 Å². The van der Waals surface area contributed by atoms with Crippen LogP contribution < -0.4 is 4.74 Å². The first-order valence-electron chi connectivity index (χ1n) is 7.38. The highest BCUT2D eigenvalue weighted by Crippen LogP contribution is 2.21. The zero-order chi connectivity index (χ0) is 17.5. The van der Waals surface area contributed by atoms with Crippen molar-refractivity contribution in [2.24, 2.45) is 0 Å². The van der Waals surface area contributed by atoms with Gasteiger partial charge in [-0.2, -0.15) is 0 Å². The van der Waals surface area contributed by atoms with Crippen LogP contribution in [-0.2, 0) is 19.6 Å². The lowest BCUT2D eigenvalue weighted by atomic mass is 10.1. The van der Waals surface area contributed by atoms with Crippen molar-refractivity contribution in [2.75, 3.05) is 13.7 Å². The van der Waals surface area contributed by atoms with Gasteiger partial charge in [0.1, 0.15) is 11.4 Å². The van der Waals surface area contributed by atoms with E-state index in [1.807, 2.05) is 20.8 Å². The van der Waals surface area contributed by atoms with Crippen molar-refractivity contribution in [3.05, 3.63) is 29.3 Å². The normalized spacial score (nSPS) is 11.0. The molecule has 1 rings (SSSR count). The molecule has 0 aliphatic heterocycles.